The number of aryl methyl sites for hydroxylation is 2. The van der Waals surface area contributed by atoms with Gasteiger partial charge in [0.25, 0.3) is 0 Å². The molecule has 27 heavy (non-hydrogen) atoms. The van der Waals surface area contributed by atoms with E-state index in [1.807, 2.05) is 26.0 Å². The third kappa shape index (κ3) is 3.02. The second-order valence-corrected chi connectivity index (χ2v) is 8.24. The van der Waals surface area contributed by atoms with Gasteiger partial charge in [0, 0.05) is 5.39 Å². The largest absolute Gasteiger partial charge is 0.326 e. The van der Waals surface area contributed by atoms with Gasteiger partial charge in [0.15, 0.2) is 0 Å². The maximum Gasteiger partial charge on any atom is 0.326 e. The molecule has 8 heteroatoms. The Morgan fingerprint density at radius 3 is 2.44 bits per heavy atom. The molecule has 0 saturated heterocycles. The molecule has 0 amide bonds. The van der Waals surface area contributed by atoms with Gasteiger partial charge in [-0.25, -0.2) is 18.4 Å². The maximum absolute atomic E-state index is 12.5. The van der Waals surface area contributed by atoms with Crippen LogP contribution in [0.3, 0.4) is 0 Å². The van der Waals surface area contributed by atoms with Crippen LogP contribution in [0.5, 0.6) is 0 Å². The van der Waals surface area contributed by atoms with Crippen molar-refractivity contribution < 1.29 is 8.42 Å². The molecule has 0 saturated carbocycles. The van der Waals surface area contributed by atoms with Crippen LogP contribution in [-0.4, -0.2) is 23.0 Å². The van der Waals surface area contributed by atoms with Gasteiger partial charge in [-0.2, -0.15) is 0 Å². The molecule has 0 bridgehead atoms. The Morgan fingerprint density at radius 1 is 1.11 bits per heavy atom. The van der Waals surface area contributed by atoms with Gasteiger partial charge in [0.05, 0.1) is 34.2 Å². The number of H-pyrrole nitrogens is 1. The van der Waals surface area contributed by atoms with Gasteiger partial charge in [0.1, 0.15) is 0 Å². The molecule has 0 aliphatic heterocycles. The summed E-state index contributed by atoms with van der Waals surface area (Å²) in [5.41, 5.74) is 5.07. The molecule has 0 spiro atoms. The fourth-order valence-electron chi connectivity index (χ4n) is 3.22. The summed E-state index contributed by atoms with van der Waals surface area (Å²) >= 11 is 0. The quantitative estimate of drug-likeness (QED) is 0.566. The summed E-state index contributed by atoms with van der Waals surface area (Å²) in [6.07, 6.45) is 1.66. The number of hydrogen-bond donors (Lipinski definition) is 2. The first-order valence-electron chi connectivity index (χ1n) is 8.34. The van der Waals surface area contributed by atoms with Crippen molar-refractivity contribution in [1.29, 1.82) is 0 Å². The molecule has 0 unspecified atom stereocenters. The standard InChI is InChI=1S/C19H18N4O3S/c1-11-7-15-16(8-12(11)2)21-9-17-18(15)23(19(24)22-17)10-13-3-5-14(6-4-13)27(20,25)26/h3-9H,10H2,1-2H3,(H,22,24)(H2,20,25,26). The molecular formula is C19H18N4O3S. The number of pyridine rings is 1. The fraction of sp³-hybridized carbons (Fsp3) is 0.158. The Morgan fingerprint density at radius 2 is 1.78 bits per heavy atom. The number of nitrogens with zero attached hydrogens (tertiary/aromatic N) is 2. The van der Waals surface area contributed by atoms with Crippen molar-refractivity contribution in [2.45, 2.75) is 25.3 Å². The first-order chi connectivity index (χ1) is 12.7. The number of aromatic nitrogens is 3. The third-order valence-corrected chi connectivity index (χ3v) is 5.73. The van der Waals surface area contributed by atoms with Crippen LogP contribution in [0.1, 0.15) is 16.7 Å². The van der Waals surface area contributed by atoms with E-state index in [-0.39, 0.29) is 10.6 Å². The van der Waals surface area contributed by atoms with Gasteiger partial charge in [-0.3, -0.25) is 9.55 Å². The van der Waals surface area contributed by atoms with Gasteiger partial charge >= 0.3 is 5.69 Å². The van der Waals surface area contributed by atoms with E-state index in [0.717, 1.165) is 33.1 Å². The average Bonchev–Trinajstić information content (AvgIpc) is 2.92. The number of nitrogens with one attached hydrogen (secondary N) is 1. The van der Waals surface area contributed by atoms with Crippen molar-refractivity contribution in [3.8, 4) is 0 Å². The summed E-state index contributed by atoms with van der Waals surface area (Å²) in [5, 5.41) is 6.03. The fourth-order valence-corrected chi connectivity index (χ4v) is 3.74. The predicted octanol–water partition coefficient (Wildman–Crippen LogP) is 2.19. The van der Waals surface area contributed by atoms with Crippen LogP contribution < -0.4 is 10.8 Å². The Labute approximate surface area is 155 Å². The summed E-state index contributed by atoms with van der Waals surface area (Å²) in [4.78, 5) is 19.9. The zero-order valence-electron chi connectivity index (χ0n) is 14.9. The van der Waals surface area contributed by atoms with Gasteiger partial charge in [-0.1, -0.05) is 12.1 Å². The first-order valence-corrected chi connectivity index (χ1v) is 9.89. The van der Waals surface area contributed by atoms with Gasteiger partial charge < -0.3 is 4.98 Å². The van der Waals surface area contributed by atoms with E-state index in [1.165, 1.54) is 12.1 Å². The normalized spacial score (nSPS) is 12.1. The third-order valence-electron chi connectivity index (χ3n) is 4.80. The molecule has 4 aromatic rings. The second kappa shape index (κ2) is 6.04. The summed E-state index contributed by atoms with van der Waals surface area (Å²) in [7, 11) is -3.75. The highest BCUT2D eigenvalue weighted by Crippen LogP contribution is 2.25. The topological polar surface area (TPSA) is 111 Å². The van der Waals surface area contributed by atoms with Crippen LogP contribution in [-0.2, 0) is 16.6 Å². The van der Waals surface area contributed by atoms with Gasteiger partial charge in [0.2, 0.25) is 10.0 Å². The van der Waals surface area contributed by atoms with Gasteiger partial charge in [-0.05, 0) is 54.8 Å². The molecule has 2 aromatic heterocycles. The first kappa shape index (κ1) is 17.4. The Hall–Kier alpha value is -2.97. The van der Waals surface area contributed by atoms with E-state index in [2.05, 4.69) is 9.97 Å². The molecule has 0 radical (unpaired) electrons. The second-order valence-electron chi connectivity index (χ2n) is 6.68. The van der Waals surface area contributed by atoms with Crippen LogP contribution in [0.2, 0.25) is 0 Å². The van der Waals surface area contributed by atoms with Crippen LogP contribution in [0.4, 0.5) is 0 Å². The lowest BCUT2D eigenvalue weighted by Gasteiger charge is -2.09. The van der Waals surface area contributed by atoms with Crippen molar-refractivity contribution in [1.82, 2.24) is 14.5 Å². The average molecular weight is 382 g/mol. The van der Waals surface area contributed by atoms with E-state index >= 15 is 0 Å². The number of hydrogen-bond acceptors (Lipinski definition) is 4. The number of sulfonamides is 1. The maximum atomic E-state index is 12.5. The molecule has 2 heterocycles. The molecule has 2 aromatic carbocycles. The number of nitrogens with two attached hydrogens (primary N) is 1. The van der Waals surface area contributed by atoms with E-state index in [0.29, 0.717) is 12.1 Å². The Kier molecular flexibility index (Phi) is 3.90. The lowest BCUT2D eigenvalue weighted by Crippen LogP contribution is -2.17. The molecule has 0 aliphatic carbocycles. The summed E-state index contributed by atoms with van der Waals surface area (Å²) in [6.45, 7) is 4.35. The summed E-state index contributed by atoms with van der Waals surface area (Å²) in [6, 6.07) is 10.2. The highest BCUT2D eigenvalue weighted by molar-refractivity contribution is 7.89. The Balaban J connectivity index is 1.88. The highest BCUT2D eigenvalue weighted by Gasteiger charge is 2.13. The molecule has 0 fully saturated rings. The Bertz CT molecular complexity index is 1350. The lowest BCUT2D eigenvalue weighted by molar-refractivity contribution is 0.597. The van der Waals surface area contributed by atoms with Crippen LogP contribution >= 0.6 is 0 Å². The number of aromatic amines is 1. The lowest BCUT2D eigenvalue weighted by atomic mass is 10.1. The predicted molar refractivity (Wildman–Crippen MR) is 104 cm³/mol. The van der Waals surface area contributed by atoms with E-state index in [4.69, 9.17) is 5.14 Å². The minimum atomic E-state index is -3.75. The minimum Gasteiger partial charge on any atom is -0.304 e. The molecule has 0 atom stereocenters. The van der Waals surface area contributed by atoms with Crippen LogP contribution in [0.25, 0.3) is 21.9 Å². The summed E-state index contributed by atoms with van der Waals surface area (Å²) in [5.74, 6) is 0. The monoisotopic (exact) mass is 382 g/mol. The molecule has 4 rings (SSSR count). The zero-order chi connectivity index (χ0) is 19.3. The van der Waals surface area contributed by atoms with Crippen LogP contribution in [0, 0.1) is 13.8 Å². The molecular weight excluding hydrogens is 364 g/mol. The van der Waals surface area contributed by atoms with Gasteiger partial charge in [-0.15, -0.1) is 0 Å². The van der Waals surface area contributed by atoms with Crippen LogP contribution in [0.15, 0.2) is 52.3 Å². The number of benzene rings is 2. The molecule has 0 aliphatic rings. The minimum absolute atomic E-state index is 0.0401. The van der Waals surface area contributed by atoms with E-state index < -0.39 is 10.0 Å². The molecule has 7 nitrogen and oxygen atoms in total. The smallest absolute Gasteiger partial charge is 0.304 e. The van der Waals surface area contributed by atoms with Crippen molar-refractivity contribution >= 4 is 32.0 Å². The van der Waals surface area contributed by atoms with E-state index in [9.17, 15) is 13.2 Å². The van der Waals surface area contributed by atoms with Crippen molar-refractivity contribution in [3.63, 3.8) is 0 Å². The SMILES string of the molecule is Cc1cc2ncc3[nH]c(=O)n(Cc4ccc(S(N)(=O)=O)cc4)c3c2cc1C. The zero-order valence-corrected chi connectivity index (χ0v) is 15.7. The molecule has 3 N–H and O–H groups in total. The molecule has 138 valence electrons. The number of primary sulfonamides is 1. The van der Waals surface area contributed by atoms with Crippen molar-refractivity contribution in [2.75, 3.05) is 0 Å². The number of imidazole rings is 1. The van der Waals surface area contributed by atoms with Crippen molar-refractivity contribution in [3.05, 3.63) is 69.8 Å². The number of fused-ring (bicyclic) bond motifs is 3. The summed E-state index contributed by atoms with van der Waals surface area (Å²) < 4.78 is 24.5. The number of rotatable bonds is 3. The highest BCUT2D eigenvalue weighted by atomic mass is 32.2. The van der Waals surface area contributed by atoms with E-state index in [1.54, 1.807) is 22.9 Å². The van der Waals surface area contributed by atoms with Crippen molar-refractivity contribution in [2.24, 2.45) is 5.14 Å².